The van der Waals surface area contributed by atoms with Crippen LogP contribution in [-0.2, 0) is 9.53 Å². The van der Waals surface area contributed by atoms with E-state index in [9.17, 15) is 4.79 Å². The fraction of sp³-hybridized carbons (Fsp3) is 0.933. The smallest absolute Gasteiger partial charge is 0.234 e. The molecule has 1 fully saturated rings. The molecule has 5 heteroatoms. The molecule has 20 heavy (non-hydrogen) atoms. The van der Waals surface area contributed by atoms with Gasteiger partial charge in [0.1, 0.15) is 0 Å². The van der Waals surface area contributed by atoms with Crippen LogP contribution in [0.15, 0.2) is 0 Å². The molecule has 0 aromatic heterocycles. The van der Waals surface area contributed by atoms with Gasteiger partial charge in [-0.15, -0.1) is 0 Å². The number of ether oxygens (including phenoxy) is 1. The zero-order chi connectivity index (χ0) is 15.0. The minimum Gasteiger partial charge on any atom is -0.379 e. The van der Waals surface area contributed by atoms with Crippen molar-refractivity contribution < 1.29 is 9.53 Å². The van der Waals surface area contributed by atoms with Gasteiger partial charge in [0.15, 0.2) is 0 Å². The van der Waals surface area contributed by atoms with Crippen molar-refractivity contribution in [2.75, 3.05) is 26.2 Å². The third-order valence-electron chi connectivity index (χ3n) is 3.89. The lowest BCUT2D eigenvalue weighted by Crippen LogP contribution is -2.52. The molecular weight excluding hydrogens is 254 g/mol. The molecule has 2 unspecified atom stereocenters. The molecule has 0 aromatic carbocycles. The van der Waals surface area contributed by atoms with E-state index in [1.165, 1.54) is 6.42 Å². The Morgan fingerprint density at radius 3 is 2.85 bits per heavy atom. The summed E-state index contributed by atoms with van der Waals surface area (Å²) in [5.41, 5.74) is 5.81. The van der Waals surface area contributed by atoms with Gasteiger partial charge in [0.05, 0.1) is 12.6 Å². The van der Waals surface area contributed by atoms with Gasteiger partial charge in [-0.2, -0.15) is 0 Å². The first kappa shape index (κ1) is 17.4. The largest absolute Gasteiger partial charge is 0.379 e. The molecule has 0 aliphatic carbocycles. The van der Waals surface area contributed by atoms with Crippen LogP contribution in [-0.4, -0.2) is 55.2 Å². The SMILES string of the molecule is CC(C)OCCCNC(=O)CN1C(C)CCCC1CN. The standard InChI is InChI=1S/C15H31N3O2/c1-12(2)20-9-5-8-17-15(19)11-18-13(3)6-4-7-14(18)10-16/h12-14H,4-11,16H2,1-3H3,(H,17,19). The third-order valence-corrected chi connectivity index (χ3v) is 3.89. The molecule has 1 rings (SSSR count). The van der Waals surface area contributed by atoms with Crippen LogP contribution >= 0.6 is 0 Å². The number of nitrogens with zero attached hydrogens (tertiary/aromatic N) is 1. The summed E-state index contributed by atoms with van der Waals surface area (Å²) in [5.74, 6) is 0.0988. The maximum Gasteiger partial charge on any atom is 0.234 e. The summed E-state index contributed by atoms with van der Waals surface area (Å²) in [6.07, 6.45) is 4.60. The number of piperidine rings is 1. The van der Waals surface area contributed by atoms with Gasteiger partial charge in [-0.1, -0.05) is 6.42 Å². The van der Waals surface area contributed by atoms with Crippen molar-refractivity contribution in [2.24, 2.45) is 5.73 Å². The molecule has 1 aliphatic rings. The minimum atomic E-state index is 0.0988. The minimum absolute atomic E-state index is 0.0988. The summed E-state index contributed by atoms with van der Waals surface area (Å²) in [6.45, 7) is 8.70. The number of likely N-dealkylation sites (tertiary alicyclic amines) is 1. The molecule has 3 N–H and O–H groups in total. The van der Waals surface area contributed by atoms with Crippen molar-refractivity contribution in [2.45, 2.75) is 64.6 Å². The summed E-state index contributed by atoms with van der Waals surface area (Å²) >= 11 is 0. The number of amides is 1. The van der Waals surface area contributed by atoms with Crippen LogP contribution in [0.5, 0.6) is 0 Å². The van der Waals surface area contributed by atoms with E-state index in [0.29, 0.717) is 38.3 Å². The fourth-order valence-electron chi connectivity index (χ4n) is 2.72. The monoisotopic (exact) mass is 285 g/mol. The molecule has 0 spiro atoms. The first-order chi connectivity index (χ1) is 9.54. The van der Waals surface area contributed by atoms with Crippen LogP contribution in [0.25, 0.3) is 0 Å². The van der Waals surface area contributed by atoms with Gasteiger partial charge in [-0.25, -0.2) is 0 Å². The Bertz CT molecular complexity index is 284. The predicted molar refractivity (Wildman–Crippen MR) is 81.6 cm³/mol. The second kappa shape index (κ2) is 9.32. The van der Waals surface area contributed by atoms with Crippen LogP contribution in [0, 0.1) is 0 Å². The highest BCUT2D eigenvalue weighted by Crippen LogP contribution is 2.21. The number of hydrogen-bond donors (Lipinski definition) is 2. The van der Waals surface area contributed by atoms with Gasteiger partial charge in [0.2, 0.25) is 5.91 Å². The maximum atomic E-state index is 12.0. The highest BCUT2D eigenvalue weighted by atomic mass is 16.5. The second-order valence-corrected chi connectivity index (χ2v) is 5.96. The summed E-state index contributed by atoms with van der Waals surface area (Å²) < 4.78 is 5.45. The predicted octanol–water partition coefficient (Wildman–Crippen LogP) is 1.12. The highest BCUT2D eigenvalue weighted by Gasteiger charge is 2.28. The van der Waals surface area contributed by atoms with Gasteiger partial charge in [0, 0.05) is 31.8 Å². The number of nitrogens with one attached hydrogen (secondary N) is 1. The van der Waals surface area contributed by atoms with Gasteiger partial charge >= 0.3 is 0 Å². The highest BCUT2D eigenvalue weighted by molar-refractivity contribution is 5.78. The fourth-order valence-corrected chi connectivity index (χ4v) is 2.72. The Morgan fingerprint density at radius 1 is 1.45 bits per heavy atom. The lowest BCUT2D eigenvalue weighted by Gasteiger charge is -2.39. The van der Waals surface area contributed by atoms with E-state index in [1.54, 1.807) is 0 Å². The van der Waals surface area contributed by atoms with E-state index in [4.69, 9.17) is 10.5 Å². The molecule has 118 valence electrons. The lowest BCUT2D eigenvalue weighted by atomic mass is 9.96. The molecule has 1 heterocycles. The first-order valence-corrected chi connectivity index (χ1v) is 7.88. The van der Waals surface area contributed by atoms with Crippen molar-refractivity contribution in [1.82, 2.24) is 10.2 Å². The van der Waals surface area contributed by atoms with E-state index >= 15 is 0 Å². The normalized spacial score (nSPS) is 24.1. The molecule has 0 saturated carbocycles. The maximum absolute atomic E-state index is 12.0. The summed E-state index contributed by atoms with van der Waals surface area (Å²) in [6, 6.07) is 0.807. The molecule has 0 bridgehead atoms. The first-order valence-electron chi connectivity index (χ1n) is 7.88. The molecule has 0 radical (unpaired) electrons. The Labute approximate surface area is 123 Å². The van der Waals surface area contributed by atoms with Crippen molar-refractivity contribution in [1.29, 1.82) is 0 Å². The molecule has 1 saturated heterocycles. The Morgan fingerprint density at radius 2 is 2.20 bits per heavy atom. The summed E-state index contributed by atoms with van der Waals surface area (Å²) in [7, 11) is 0. The second-order valence-electron chi connectivity index (χ2n) is 5.96. The summed E-state index contributed by atoms with van der Waals surface area (Å²) in [4.78, 5) is 14.2. The zero-order valence-corrected chi connectivity index (χ0v) is 13.2. The molecule has 0 aromatic rings. The van der Waals surface area contributed by atoms with Crippen LogP contribution in [0.2, 0.25) is 0 Å². The van der Waals surface area contributed by atoms with Gasteiger partial charge in [-0.3, -0.25) is 9.69 Å². The molecule has 1 aliphatic heterocycles. The van der Waals surface area contributed by atoms with Crippen LogP contribution < -0.4 is 11.1 Å². The average molecular weight is 285 g/mol. The van der Waals surface area contributed by atoms with Gasteiger partial charge in [0.25, 0.3) is 0 Å². The third kappa shape index (κ3) is 6.20. The lowest BCUT2D eigenvalue weighted by molar-refractivity contribution is -0.124. The number of nitrogens with two attached hydrogens (primary N) is 1. The average Bonchev–Trinajstić information content (AvgIpc) is 2.40. The molecule has 1 amide bonds. The van der Waals surface area contributed by atoms with E-state index < -0.39 is 0 Å². The quantitative estimate of drug-likeness (QED) is 0.656. The van der Waals surface area contributed by atoms with Crippen molar-refractivity contribution in [3.8, 4) is 0 Å². The van der Waals surface area contributed by atoms with Crippen LogP contribution in [0.4, 0.5) is 0 Å². The van der Waals surface area contributed by atoms with E-state index in [0.717, 1.165) is 19.3 Å². The van der Waals surface area contributed by atoms with Crippen molar-refractivity contribution in [3.05, 3.63) is 0 Å². The van der Waals surface area contributed by atoms with Crippen molar-refractivity contribution in [3.63, 3.8) is 0 Å². The summed E-state index contributed by atoms with van der Waals surface area (Å²) in [5, 5.41) is 2.97. The number of carbonyl (C=O) groups is 1. The molecule has 5 nitrogen and oxygen atoms in total. The van der Waals surface area contributed by atoms with Gasteiger partial charge in [-0.05, 0) is 40.0 Å². The van der Waals surface area contributed by atoms with E-state index in [1.807, 2.05) is 13.8 Å². The topological polar surface area (TPSA) is 67.6 Å². The van der Waals surface area contributed by atoms with Crippen molar-refractivity contribution >= 4 is 5.91 Å². The van der Waals surface area contributed by atoms with Crippen LogP contribution in [0.3, 0.4) is 0 Å². The Balaban J connectivity index is 2.22. The van der Waals surface area contributed by atoms with E-state index in [2.05, 4.69) is 17.1 Å². The van der Waals surface area contributed by atoms with E-state index in [-0.39, 0.29) is 12.0 Å². The zero-order valence-electron chi connectivity index (χ0n) is 13.2. The molecule has 2 atom stereocenters. The number of hydrogen-bond acceptors (Lipinski definition) is 4. The number of carbonyl (C=O) groups excluding carboxylic acids is 1. The van der Waals surface area contributed by atoms with Gasteiger partial charge < -0.3 is 15.8 Å². The number of rotatable bonds is 8. The Kier molecular flexibility index (Phi) is 8.11. The Hall–Kier alpha value is -0.650. The molecular formula is C15H31N3O2. The van der Waals surface area contributed by atoms with Crippen LogP contribution in [0.1, 0.15) is 46.5 Å².